The molecular formula is C24H26FN5O5. The topological polar surface area (TPSA) is 117 Å². The molecule has 2 aromatic rings. The maximum Gasteiger partial charge on any atom is 0.338 e. The Hall–Kier alpha value is -3.99. The summed E-state index contributed by atoms with van der Waals surface area (Å²) in [5, 5.41) is 16.5. The number of nitro groups is 1. The number of ether oxygens (including phenoxy) is 1. The van der Waals surface area contributed by atoms with Crippen molar-refractivity contribution in [2.24, 2.45) is 0 Å². The average molecular weight is 484 g/mol. The van der Waals surface area contributed by atoms with Crippen molar-refractivity contribution < 1.29 is 23.6 Å². The summed E-state index contributed by atoms with van der Waals surface area (Å²) < 4.78 is 19.4. The Labute approximate surface area is 201 Å². The van der Waals surface area contributed by atoms with Gasteiger partial charge >= 0.3 is 12.0 Å². The van der Waals surface area contributed by atoms with E-state index in [0.717, 1.165) is 0 Å². The molecule has 0 saturated carbocycles. The molecule has 1 unspecified atom stereocenters. The van der Waals surface area contributed by atoms with Gasteiger partial charge in [-0.3, -0.25) is 15.0 Å². The van der Waals surface area contributed by atoms with Gasteiger partial charge in [-0.15, -0.1) is 0 Å². The van der Waals surface area contributed by atoms with Gasteiger partial charge in [0.2, 0.25) is 0 Å². The van der Waals surface area contributed by atoms with Crippen molar-refractivity contribution in [1.82, 2.24) is 15.5 Å². The molecule has 2 aliphatic rings. The van der Waals surface area contributed by atoms with Gasteiger partial charge in [0.15, 0.2) is 0 Å². The van der Waals surface area contributed by atoms with Crippen LogP contribution in [0.2, 0.25) is 0 Å². The van der Waals surface area contributed by atoms with Crippen molar-refractivity contribution in [3.63, 3.8) is 0 Å². The summed E-state index contributed by atoms with van der Waals surface area (Å²) in [4.78, 5) is 40.0. The second-order valence-corrected chi connectivity index (χ2v) is 8.21. The van der Waals surface area contributed by atoms with E-state index in [4.69, 9.17) is 4.74 Å². The van der Waals surface area contributed by atoms with Gasteiger partial charge in [-0.2, -0.15) is 0 Å². The number of anilines is 1. The third kappa shape index (κ3) is 5.40. The molecule has 1 atom stereocenters. The van der Waals surface area contributed by atoms with Crippen LogP contribution >= 0.6 is 0 Å². The van der Waals surface area contributed by atoms with Gasteiger partial charge < -0.3 is 20.3 Å². The fourth-order valence-electron chi connectivity index (χ4n) is 4.31. The lowest BCUT2D eigenvalue weighted by atomic mass is 9.94. The Morgan fingerprint density at radius 3 is 2.46 bits per heavy atom. The maximum absolute atomic E-state index is 14.2. The Bertz CT molecular complexity index is 1150. The van der Waals surface area contributed by atoms with Crippen LogP contribution in [0.4, 0.5) is 20.6 Å². The van der Waals surface area contributed by atoms with Crippen molar-refractivity contribution in [3.05, 3.63) is 81.3 Å². The Morgan fingerprint density at radius 2 is 1.83 bits per heavy atom. The van der Waals surface area contributed by atoms with E-state index in [0.29, 0.717) is 43.1 Å². The zero-order valence-electron chi connectivity index (χ0n) is 19.2. The smallest absolute Gasteiger partial charge is 0.338 e. The highest BCUT2D eigenvalue weighted by Crippen LogP contribution is 2.30. The molecule has 11 heteroatoms. The van der Waals surface area contributed by atoms with E-state index in [1.807, 2.05) is 4.90 Å². The van der Waals surface area contributed by atoms with Gasteiger partial charge in [0, 0.05) is 50.6 Å². The van der Waals surface area contributed by atoms with E-state index in [9.17, 15) is 24.1 Å². The first-order valence-corrected chi connectivity index (χ1v) is 11.3. The first-order valence-electron chi connectivity index (χ1n) is 11.3. The number of para-hydroxylation sites is 1. The molecule has 2 amide bonds. The molecule has 0 radical (unpaired) electrons. The van der Waals surface area contributed by atoms with Crippen LogP contribution in [0.15, 0.2) is 59.8 Å². The first kappa shape index (κ1) is 24.1. The number of esters is 1. The number of non-ortho nitro benzene ring substituents is 1. The lowest BCUT2D eigenvalue weighted by Gasteiger charge is -2.38. The number of carbonyl (C=O) groups excluding carboxylic acids is 2. The third-order valence-corrected chi connectivity index (χ3v) is 6.03. The number of amides is 2. The molecule has 1 saturated heterocycles. The zero-order valence-corrected chi connectivity index (χ0v) is 19.2. The van der Waals surface area contributed by atoms with E-state index < -0.39 is 23.0 Å². The molecule has 184 valence electrons. The highest BCUT2D eigenvalue weighted by molar-refractivity contribution is 5.95. The van der Waals surface area contributed by atoms with Crippen LogP contribution in [0.3, 0.4) is 0 Å². The monoisotopic (exact) mass is 483 g/mol. The third-order valence-electron chi connectivity index (χ3n) is 6.03. The number of benzene rings is 2. The van der Waals surface area contributed by atoms with Crippen molar-refractivity contribution in [1.29, 1.82) is 0 Å². The fraction of sp³-hybridized carbons (Fsp3) is 0.333. The fourth-order valence-corrected chi connectivity index (χ4v) is 4.31. The van der Waals surface area contributed by atoms with Crippen LogP contribution < -0.4 is 15.5 Å². The highest BCUT2D eigenvalue weighted by Gasteiger charge is 2.35. The second-order valence-electron chi connectivity index (χ2n) is 8.21. The number of urea groups is 1. The van der Waals surface area contributed by atoms with Gasteiger partial charge in [0.05, 0.1) is 28.8 Å². The van der Waals surface area contributed by atoms with E-state index in [2.05, 4.69) is 15.5 Å². The molecule has 2 aliphatic heterocycles. The lowest BCUT2D eigenvalue weighted by Crippen LogP contribution is -2.52. The summed E-state index contributed by atoms with van der Waals surface area (Å²) in [6.45, 7) is 4.49. The molecule has 10 nitrogen and oxygen atoms in total. The molecule has 35 heavy (non-hydrogen) atoms. The molecule has 0 spiro atoms. The number of nitro benzene ring substituents is 1. The van der Waals surface area contributed by atoms with Crippen LogP contribution in [0, 0.1) is 15.9 Å². The number of halogens is 1. The average Bonchev–Trinajstić information content (AvgIpc) is 2.85. The van der Waals surface area contributed by atoms with Crippen molar-refractivity contribution >= 4 is 23.4 Å². The maximum atomic E-state index is 14.2. The summed E-state index contributed by atoms with van der Waals surface area (Å²) in [5.74, 6) is -0.854. The van der Waals surface area contributed by atoms with Crippen LogP contribution in [0.5, 0.6) is 0 Å². The quantitative estimate of drug-likeness (QED) is 0.353. The molecule has 0 aliphatic carbocycles. The predicted molar refractivity (Wildman–Crippen MR) is 126 cm³/mol. The summed E-state index contributed by atoms with van der Waals surface area (Å²) in [5.41, 5.74) is 1.64. The number of nitrogens with zero attached hydrogens (tertiary/aromatic N) is 3. The Morgan fingerprint density at radius 1 is 1.14 bits per heavy atom. The van der Waals surface area contributed by atoms with E-state index in [1.54, 1.807) is 25.1 Å². The van der Waals surface area contributed by atoms with Crippen LogP contribution in [-0.2, 0) is 9.53 Å². The predicted octanol–water partition coefficient (Wildman–Crippen LogP) is 2.73. The first-order chi connectivity index (χ1) is 16.9. The summed E-state index contributed by atoms with van der Waals surface area (Å²) >= 11 is 0. The van der Waals surface area contributed by atoms with Gasteiger partial charge in [-0.05, 0) is 36.8 Å². The van der Waals surface area contributed by atoms with Gasteiger partial charge in [0.1, 0.15) is 5.82 Å². The highest BCUT2D eigenvalue weighted by atomic mass is 19.1. The zero-order chi connectivity index (χ0) is 24.9. The van der Waals surface area contributed by atoms with E-state index >= 15 is 0 Å². The van der Waals surface area contributed by atoms with Crippen LogP contribution in [0.25, 0.3) is 0 Å². The Balaban J connectivity index is 1.57. The van der Waals surface area contributed by atoms with Crippen molar-refractivity contribution in [2.75, 3.05) is 44.2 Å². The summed E-state index contributed by atoms with van der Waals surface area (Å²) in [6.07, 6.45) is 0. The minimum Gasteiger partial charge on any atom is -0.463 e. The van der Waals surface area contributed by atoms with E-state index in [1.165, 1.54) is 30.3 Å². The molecule has 1 fully saturated rings. The molecule has 4 rings (SSSR count). The van der Waals surface area contributed by atoms with Gasteiger partial charge in [0.25, 0.3) is 5.69 Å². The van der Waals surface area contributed by atoms with Crippen LogP contribution in [0.1, 0.15) is 18.5 Å². The van der Waals surface area contributed by atoms with E-state index in [-0.39, 0.29) is 30.2 Å². The SMILES string of the molecule is CCOC(=O)C1=C(CN2CCN(c3ccccc3F)CC2)NC(=O)NC1c1ccc([N+](=O)[O-])cc1. The number of piperazine rings is 1. The number of rotatable bonds is 7. The molecule has 2 heterocycles. The van der Waals surface area contributed by atoms with Gasteiger partial charge in [-0.1, -0.05) is 12.1 Å². The van der Waals surface area contributed by atoms with Crippen molar-refractivity contribution in [2.45, 2.75) is 13.0 Å². The molecular weight excluding hydrogens is 457 g/mol. The molecule has 0 aromatic heterocycles. The normalized spacial score (nSPS) is 18.6. The van der Waals surface area contributed by atoms with Crippen molar-refractivity contribution in [3.8, 4) is 0 Å². The molecule has 2 N–H and O–H groups in total. The number of hydrogen-bond acceptors (Lipinski definition) is 7. The standard InChI is InChI=1S/C24H26FN5O5/c1-2-35-23(31)21-19(15-28-11-13-29(14-12-28)20-6-4-3-5-18(20)25)26-24(32)27-22(21)16-7-9-17(10-8-16)30(33)34/h3-10,22H,2,11-15H2,1H3,(H2,26,27,32). The van der Waals surface area contributed by atoms with Gasteiger partial charge in [-0.25, -0.2) is 14.0 Å². The minimum absolute atomic E-state index is 0.0939. The molecule has 2 aromatic carbocycles. The number of carbonyl (C=O) groups is 2. The summed E-state index contributed by atoms with van der Waals surface area (Å²) in [6, 6.07) is 11.0. The molecule has 0 bridgehead atoms. The minimum atomic E-state index is -0.821. The largest absolute Gasteiger partial charge is 0.463 e. The number of nitrogens with one attached hydrogen (secondary N) is 2. The number of hydrogen-bond donors (Lipinski definition) is 2. The second kappa shape index (κ2) is 10.5. The lowest BCUT2D eigenvalue weighted by molar-refractivity contribution is -0.384. The summed E-state index contributed by atoms with van der Waals surface area (Å²) in [7, 11) is 0. The van der Waals surface area contributed by atoms with Crippen LogP contribution in [-0.4, -0.2) is 61.2 Å². The Kier molecular flexibility index (Phi) is 7.25.